The lowest BCUT2D eigenvalue weighted by molar-refractivity contribution is -0.116. The van der Waals surface area contributed by atoms with Gasteiger partial charge in [-0.2, -0.15) is 10.4 Å². The van der Waals surface area contributed by atoms with Gasteiger partial charge in [0, 0.05) is 24.5 Å². The largest absolute Gasteiger partial charge is 0.444 e. The number of rotatable bonds is 3. The minimum absolute atomic E-state index is 0.0166. The van der Waals surface area contributed by atoms with Crippen LogP contribution in [0.25, 0.3) is 0 Å². The summed E-state index contributed by atoms with van der Waals surface area (Å²) >= 11 is 6.57. The molecule has 1 aromatic rings. The molecule has 2 aliphatic rings. The second-order valence-corrected chi connectivity index (χ2v) is 6.90. The van der Waals surface area contributed by atoms with E-state index in [0.717, 1.165) is 12.8 Å². The van der Waals surface area contributed by atoms with Crippen molar-refractivity contribution in [1.82, 2.24) is 9.78 Å². The van der Waals surface area contributed by atoms with Crippen molar-refractivity contribution in [3.63, 3.8) is 0 Å². The molecular formula is C18H21ClN4O2. The smallest absolute Gasteiger partial charge is 0.205 e. The average molecular weight is 361 g/mol. The van der Waals surface area contributed by atoms with E-state index >= 15 is 0 Å². The first kappa shape index (κ1) is 17.6. The maximum absolute atomic E-state index is 12.7. The van der Waals surface area contributed by atoms with E-state index in [0.29, 0.717) is 40.6 Å². The number of halogens is 1. The van der Waals surface area contributed by atoms with Crippen LogP contribution in [0, 0.1) is 18.3 Å². The number of hydrogen-bond acceptors (Lipinski definition) is 5. The van der Waals surface area contributed by atoms with E-state index in [1.54, 1.807) is 0 Å². The molecule has 0 saturated carbocycles. The van der Waals surface area contributed by atoms with Crippen molar-refractivity contribution < 1.29 is 9.53 Å². The fourth-order valence-electron chi connectivity index (χ4n) is 3.44. The summed E-state index contributed by atoms with van der Waals surface area (Å²) in [5, 5.41) is 14.7. The summed E-state index contributed by atoms with van der Waals surface area (Å²) in [5.41, 5.74) is 8.05. The first-order chi connectivity index (χ1) is 11.9. The molecule has 0 unspecified atom stereocenters. The molecule has 7 heteroatoms. The normalized spacial score (nSPS) is 21.7. The Kier molecular flexibility index (Phi) is 4.61. The van der Waals surface area contributed by atoms with E-state index in [4.69, 9.17) is 22.1 Å². The first-order valence-electron chi connectivity index (χ1n) is 8.48. The molecule has 6 nitrogen and oxygen atoms in total. The van der Waals surface area contributed by atoms with Gasteiger partial charge in [0.25, 0.3) is 0 Å². The zero-order valence-corrected chi connectivity index (χ0v) is 15.4. The molecule has 0 aromatic carbocycles. The van der Waals surface area contributed by atoms with Gasteiger partial charge >= 0.3 is 0 Å². The number of ether oxygens (including phenoxy) is 1. The molecule has 3 rings (SSSR count). The second kappa shape index (κ2) is 6.57. The predicted molar refractivity (Wildman–Crippen MR) is 93.5 cm³/mol. The first-order valence-corrected chi connectivity index (χ1v) is 8.86. The second-order valence-electron chi connectivity index (χ2n) is 6.52. The number of nitriles is 1. The van der Waals surface area contributed by atoms with Gasteiger partial charge in [0.15, 0.2) is 5.78 Å². The maximum Gasteiger partial charge on any atom is 0.205 e. The fourth-order valence-corrected chi connectivity index (χ4v) is 3.68. The molecule has 0 saturated heterocycles. The van der Waals surface area contributed by atoms with Gasteiger partial charge in [-0.05, 0) is 26.7 Å². The number of ketones is 1. The predicted octanol–water partition coefficient (Wildman–Crippen LogP) is 3.63. The molecule has 0 spiro atoms. The summed E-state index contributed by atoms with van der Waals surface area (Å²) in [5.74, 6) is -0.0312. The third kappa shape index (κ3) is 2.73. The topological polar surface area (TPSA) is 93.9 Å². The van der Waals surface area contributed by atoms with Crippen LogP contribution in [-0.4, -0.2) is 15.6 Å². The number of carbonyl (C=O) groups is 1. The summed E-state index contributed by atoms with van der Waals surface area (Å²) in [6.07, 6.45) is 2.63. The Labute approximate surface area is 151 Å². The number of hydrogen-bond donors (Lipinski definition) is 1. The Hall–Kier alpha value is -2.26. The molecule has 2 heterocycles. The molecule has 0 bridgehead atoms. The van der Waals surface area contributed by atoms with Crippen molar-refractivity contribution in [2.45, 2.75) is 58.4 Å². The zero-order valence-electron chi connectivity index (χ0n) is 14.6. The van der Waals surface area contributed by atoms with Gasteiger partial charge in [-0.1, -0.05) is 18.5 Å². The van der Waals surface area contributed by atoms with Gasteiger partial charge in [-0.3, -0.25) is 9.48 Å². The number of aryl methyl sites for hydroxylation is 1. The lowest BCUT2D eigenvalue weighted by atomic mass is 9.79. The Morgan fingerprint density at radius 1 is 1.52 bits per heavy atom. The van der Waals surface area contributed by atoms with Gasteiger partial charge in [0.2, 0.25) is 5.88 Å². The number of allylic oxidation sites excluding steroid dienone is 3. The Morgan fingerprint density at radius 2 is 2.24 bits per heavy atom. The molecule has 1 aliphatic heterocycles. The van der Waals surface area contributed by atoms with E-state index < -0.39 is 5.92 Å². The van der Waals surface area contributed by atoms with Crippen LogP contribution in [0.1, 0.15) is 62.9 Å². The van der Waals surface area contributed by atoms with Gasteiger partial charge in [0.05, 0.1) is 22.3 Å². The highest BCUT2D eigenvalue weighted by Crippen LogP contribution is 2.46. The lowest BCUT2D eigenvalue weighted by Crippen LogP contribution is -2.29. The van der Waals surface area contributed by atoms with Gasteiger partial charge in [-0.15, -0.1) is 0 Å². The number of carbonyl (C=O) groups excluding carboxylic acids is 1. The summed E-state index contributed by atoms with van der Waals surface area (Å²) in [7, 11) is 0. The van der Waals surface area contributed by atoms with Crippen LogP contribution in [0.15, 0.2) is 22.8 Å². The Bertz CT molecular complexity index is 844. The van der Waals surface area contributed by atoms with Gasteiger partial charge in [-0.25, -0.2) is 0 Å². The van der Waals surface area contributed by atoms with Crippen LogP contribution >= 0.6 is 11.6 Å². The van der Waals surface area contributed by atoms with E-state index in [2.05, 4.69) is 18.1 Å². The molecular weight excluding hydrogens is 340 g/mol. The van der Waals surface area contributed by atoms with Gasteiger partial charge < -0.3 is 10.5 Å². The summed E-state index contributed by atoms with van der Waals surface area (Å²) in [6, 6.07) is 2.20. The molecule has 0 fully saturated rings. The number of Topliss-reactive ketones (excluding diaryl/α,β-unsaturated/α-hetero) is 1. The zero-order chi connectivity index (χ0) is 18.3. The maximum atomic E-state index is 12.7. The number of nitrogens with zero attached hydrogens (tertiary/aromatic N) is 3. The minimum atomic E-state index is -0.621. The molecule has 132 valence electrons. The van der Waals surface area contributed by atoms with E-state index in [1.165, 1.54) is 0 Å². The minimum Gasteiger partial charge on any atom is -0.444 e. The molecule has 1 aromatic heterocycles. The van der Waals surface area contributed by atoms with Crippen LogP contribution in [0.5, 0.6) is 0 Å². The molecule has 2 atom stereocenters. The quantitative estimate of drug-likeness (QED) is 0.888. The highest BCUT2D eigenvalue weighted by Gasteiger charge is 2.41. The molecule has 0 amide bonds. The lowest BCUT2D eigenvalue weighted by Gasteiger charge is -2.31. The van der Waals surface area contributed by atoms with Crippen molar-refractivity contribution >= 4 is 17.4 Å². The Morgan fingerprint density at radius 3 is 2.88 bits per heavy atom. The highest BCUT2D eigenvalue weighted by molar-refractivity contribution is 6.32. The molecule has 1 aliphatic carbocycles. The van der Waals surface area contributed by atoms with Crippen molar-refractivity contribution in [3.8, 4) is 6.07 Å². The highest BCUT2D eigenvalue weighted by atomic mass is 35.5. The van der Waals surface area contributed by atoms with E-state index in [9.17, 15) is 10.1 Å². The summed E-state index contributed by atoms with van der Waals surface area (Å²) < 4.78 is 7.43. The van der Waals surface area contributed by atoms with Crippen LogP contribution in [0.3, 0.4) is 0 Å². The SMILES string of the molecule is CC[C@@H](C)n1nc(C)c(Cl)c1[C@H]1C(C#N)=C(N)OC2=C1C(=O)CCC2. The van der Waals surface area contributed by atoms with Crippen LogP contribution < -0.4 is 5.73 Å². The monoisotopic (exact) mass is 360 g/mol. The van der Waals surface area contributed by atoms with E-state index in [-0.39, 0.29) is 23.3 Å². The third-order valence-electron chi connectivity index (χ3n) is 4.93. The van der Waals surface area contributed by atoms with Crippen LogP contribution in [-0.2, 0) is 9.53 Å². The van der Waals surface area contributed by atoms with Crippen molar-refractivity contribution in [2.75, 3.05) is 0 Å². The fraction of sp³-hybridized carbons (Fsp3) is 0.500. The number of nitrogens with two attached hydrogens (primary N) is 1. The number of aromatic nitrogens is 2. The van der Waals surface area contributed by atoms with Crippen LogP contribution in [0.4, 0.5) is 0 Å². The van der Waals surface area contributed by atoms with Crippen molar-refractivity contribution in [1.29, 1.82) is 5.26 Å². The average Bonchev–Trinajstić information content (AvgIpc) is 2.88. The molecule has 2 N–H and O–H groups in total. The van der Waals surface area contributed by atoms with Crippen molar-refractivity contribution in [2.24, 2.45) is 5.73 Å². The summed E-state index contributed by atoms with van der Waals surface area (Å²) in [6.45, 7) is 5.90. The Balaban J connectivity index is 2.29. The van der Waals surface area contributed by atoms with Crippen LogP contribution in [0.2, 0.25) is 5.02 Å². The van der Waals surface area contributed by atoms with Gasteiger partial charge in [0.1, 0.15) is 17.4 Å². The van der Waals surface area contributed by atoms with E-state index in [1.807, 2.05) is 18.5 Å². The summed E-state index contributed by atoms with van der Waals surface area (Å²) in [4.78, 5) is 12.7. The molecule has 0 radical (unpaired) electrons. The third-order valence-corrected chi connectivity index (χ3v) is 5.40. The van der Waals surface area contributed by atoms with Crippen molar-refractivity contribution in [3.05, 3.63) is 39.2 Å². The molecule has 25 heavy (non-hydrogen) atoms. The standard InChI is InChI=1S/C18H21ClN4O2/c1-4-9(2)23-17(16(19)10(3)22-23)14-11(8-20)18(21)25-13-7-5-6-12(24)15(13)14/h9,14H,4-7,21H2,1-3H3/t9-,14+/m1/s1.